The summed E-state index contributed by atoms with van der Waals surface area (Å²) in [6.45, 7) is 2.65. The van der Waals surface area contributed by atoms with Crippen molar-refractivity contribution < 1.29 is 42.5 Å². The number of ether oxygens (including phenoxy) is 3. The number of aromatic nitrogens is 1. The van der Waals surface area contributed by atoms with Crippen LogP contribution in [0.4, 0.5) is 25.0 Å². The molecule has 1 amide bonds. The van der Waals surface area contributed by atoms with E-state index in [0.717, 1.165) is 18.9 Å². The number of nitrogens with two attached hydrogens (primary N) is 1. The number of carbonyl (C=O) groups excluding carboxylic acids is 2. The third-order valence-corrected chi connectivity index (χ3v) is 8.59. The number of halogens is 2. The van der Waals surface area contributed by atoms with Gasteiger partial charge in [-0.2, -0.15) is 0 Å². The smallest absolute Gasteiger partial charge is 0.414 e. The molecule has 3 fully saturated rings. The molecule has 3 aromatic rings. The molecule has 1 saturated carbocycles. The molecular formula is C32H34F2N4O8. The fourth-order valence-electron chi connectivity index (χ4n) is 5.86. The molecule has 0 radical (unpaired) electrons. The third-order valence-electron chi connectivity index (χ3n) is 8.59. The van der Waals surface area contributed by atoms with Gasteiger partial charge in [-0.05, 0) is 62.8 Å². The molecule has 3 aliphatic rings. The molecule has 2 aliphatic heterocycles. The first-order valence-corrected chi connectivity index (χ1v) is 15.2. The van der Waals surface area contributed by atoms with Crippen LogP contribution in [0.5, 0.6) is 5.75 Å². The van der Waals surface area contributed by atoms with Crippen molar-refractivity contribution in [1.82, 2.24) is 4.57 Å². The molecule has 0 unspecified atom stereocenters. The lowest BCUT2D eigenvalue weighted by molar-refractivity contribution is -0.147. The molecule has 1 aliphatic carbocycles. The van der Waals surface area contributed by atoms with Gasteiger partial charge in [0.15, 0.2) is 17.7 Å². The number of hydrogen-bond donors (Lipinski definition) is 2. The van der Waals surface area contributed by atoms with E-state index in [9.17, 15) is 28.7 Å². The number of piperidine rings is 1. The number of nitrogens with zero attached hydrogens (tertiary/aromatic N) is 3. The van der Waals surface area contributed by atoms with Crippen molar-refractivity contribution in [3.63, 3.8) is 0 Å². The maximum atomic E-state index is 15.3. The van der Waals surface area contributed by atoms with Crippen LogP contribution in [-0.4, -0.2) is 72.7 Å². The van der Waals surface area contributed by atoms with Crippen LogP contribution in [0.1, 0.15) is 49.0 Å². The number of hydrogen-bond acceptors (Lipinski definition) is 9. The minimum Gasteiger partial charge on any atom is -0.490 e. The molecule has 0 bridgehead atoms. The van der Waals surface area contributed by atoms with Crippen molar-refractivity contribution in [3.8, 4) is 5.75 Å². The van der Waals surface area contributed by atoms with Crippen LogP contribution in [0.15, 0.2) is 41.3 Å². The van der Waals surface area contributed by atoms with Crippen molar-refractivity contribution >= 4 is 40.3 Å². The van der Waals surface area contributed by atoms with E-state index in [1.165, 1.54) is 30.2 Å². The summed E-state index contributed by atoms with van der Waals surface area (Å²) < 4.78 is 48.1. The molecule has 244 valence electrons. The Labute approximate surface area is 262 Å². The van der Waals surface area contributed by atoms with Gasteiger partial charge < -0.3 is 34.5 Å². The summed E-state index contributed by atoms with van der Waals surface area (Å²) in [5.74, 6) is -3.09. The zero-order chi connectivity index (χ0) is 32.7. The molecule has 3 N–H and O–H groups in total. The Morgan fingerprint density at radius 3 is 2.46 bits per heavy atom. The Morgan fingerprint density at radius 1 is 1.07 bits per heavy atom. The van der Waals surface area contributed by atoms with E-state index in [1.807, 2.05) is 4.90 Å². The highest BCUT2D eigenvalue weighted by molar-refractivity contribution is 5.94. The summed E-state index contributed by atoms with van der Waals surface area (Å²) in [6.07, 6.45) is 2.98. The van der Waals surface area contributed by atoms with Crippen LogP contribution in [0.3, 0.4) is 0 Å². The quantitative estimate of drug-likeness (QED) is 0.313. The van der Waals surface area contributed by atoms with Gasteiger partial charge >= 0.3 is 18.0 Å². The topological polar surface area (TPSA) is 154 Å². The van der Waals surface area contributed by atoms with Crippen LogP contribution in [-0.2, 0) is 14.3 Å². The molecule has 6 rings (SSSR count). The Hall–Kier alpha value is -4.72. The highest BCUT2D eigenvalue weighted by Crippen LogP contribution is 2.38. The zero-order valence-corrected chi connectivity index (χ0v) is 25.1. The van der Waals surface area contributed by atoms with Crippen LogP contribution in [0, 0.1) is 17.6 Å². The molecule has 12 nitrogen and oxygen atoms in total. The van der Waals surface area contributed by atoms with Gasteiger partial charge in [-0.25, -0.2) is 18.4 Å². The van der Waals surface area contributed by atoms with Crippen LogP contribution < -0.4 is 25.7 Å². The number of benzene rings is 2. The van der Waals surface area contributed by atoms with Crippen molar-refractivity contribution in [2.45, 2.75) is 50.8 Å². The van der Waals surface area contributed by atoms with E-state index in [-0.39, 0.29) is 54.1 Å². The van der Waals surface area contributed by atoms with Gasteiger partial charge in [-0.3, -0.25) is 14.5 Å². The second-order valence-electron chi connectivity index (χ2n) is 12.0. The lowest BCUT2D eigenvalue weighted by Gasteiger charge is -2.34. The molecule has 0 spiro atoms. The van der Waals surface area contributed by atoms with Crippen molar-refractivity contribution in [1.29, 1.82) is 0 Å². The largest absolute Gasteiger partial charge is 0.490 e. The summed E-state index contributed by atoms with van der Waals surface area (Å²) in [4.78, 5) is 51.5. The minimum absolute atomic E-state index is 0.0282. The summed E-state index contributed by atoms with van der Waals surface area (Å²) in [7, 11) is 0. The predicted molar refractivity (Wildman–Crippen MR) is 162 cm³/mol. The first kappa shape index (κ1) is 31.3. The average molecular weight is 641 g/mol. The third kappa shape index (κ3) is 6.34. The van der Waals surface area contributed by atoms with Crippen LogP contribution in [0.25, 0.3) is 10.9 Å². The lowest BCUT2D eigenvalue weighted by Crippen LogP contribution is -2.36. The van der Waals surface area contributed by atoms with Gasteiger partial charge in [0.2, 0.25) is 5.43 Å². The predicted octanol–water partition coefficient (Wildman–Crippen LogP) is 3.82. The SMILES string of the molecule is C[C@H](N)C(=O)OC[C@H]1CN(c2ccc(OCC3CCN(c4cc5c(cc4F)c(=O)c(C(=O)O)cn5C4CC4)CC3)c(F)c2)C(=O)O1. The number of rotatable bonds is 10. The highest BCUT2D eigenvalue weighted by atomic mass is 19.1. The van der Waals surface area contributed by atoms with Gasteiger partial charge in [0.05, 0.1) is 30.0 Å². The minimum atomic E-state index is -1.34. The number of esters is 1. The van der Waals surface area contributed by atoms with Crippen molar-refractivity contribution in [2.24, 2.45) is 11.7 Å². The summed E-state index contributed by atoms with van der Waals surface area (Å²) >= 11 is 0. The fraction of sp³-hybridized carbons (Fsp3) is 0.438. The van der Waals surface area contributed by atoms with Crippen molar-refractivity contribution in [2.75, 3.05) is 42.6 Å². The van der Waals surface area contributed by atoms with E-state index >= 15 is 4.39 Å². The molecular weight excluding hydrogens is 606 g/mol. The summed E-state index contributed by atoms with van der Waals surface area (Å²) in [5.41, 5.74) is 5.52. The Kier molecular flexibility index (Phi) is 8.55. The van der Waals surface area contributed by atoms with Gasteiger partial charge in [-0.15, -0.1) is 0 Å². The van der Waals surface area contributed by atoms with Crippen LogP contribution >= 0.6 is 0 Å². The maximum absolute atomic E-state index is 15.3. The molecule has 46 heavy (non-hydrogen) atoms. The van der Waals surface area contributed by atoms with Crippen LogP contribution in [0.2, 0.25) is 0 Å². The number of cyclic esters (lactones) is 1. The van der Waals surface area contributed by atoms with Gasteiger partial charge in [0, 0.05) is 36.8 Å². The van der Waals surface area contributed by atoms with E-state index in [1.54, 1.807) is 16.7 Å². The number of aromatic carboxylic acids is 1. The number of fused-ring (bicyclic) bond motifs is 1. The first-order chi connectivity index (χ1) is 22.0. The summed E-state index contributed by atoms with van der Waals surface area (Å²) in [6, 6.07) is 6.21. The van der Waals surface area contributed by atoms with Gasteiger partial charge in [-0.1, -0.05) is 0 Å². The normalized spacial score (nSPS) is 19.3. The zero-order valence-electron chi connectivity index (χ0n) is 25.1. The standard InChI is InChI=1S/C32H34F2N4O8/c1-17(35)31(42)45-16-21-13-38(32(43)46-21)20-4-5-28(25(34)10-20)44-15-18-6-8-36(9-7-18)27-12-26-22(11-24(27)33)29(39)23(30(40)41)14-37(26)19-2-3-19/h4-5,10-12,14,17-19,21H,2-3,6-9,13,15-16,35H2,1H3,(H,40,41)/t17-,21+/m0/s1. The fourth-order valence-corrected chi connectivity index (χ4v) is 5.86. The summed E-state index contributed by atoms with van der Waals surface area (Å²) in [5, 5.41) is 9.52. The number of carboxylic acids is 1. The van der Waals surface area contributed by atoms with Gasteiger partial charge in [0.25, 0.3) is 0 Å². The Bertz CT molecular complexity index is 1750. The van der Waals surface area contributed by atoms with Crippen molar-refractivity contribution in [3.05, 3.63) is 63.9 Å². The number of amides is 1. The number of carbonyl (C=O) groups is 3. The highest BCUT2D eigenvalue weighted by Gasteiger charge is 2.34. The Balaban J connectivity index is 1.06. The molecule has 1 aromatic heterocycles. The number of carboxylic acid groups (broad SMARTS) is 1. The maximum Gasteiger partial charge on any atom is 0.414 e. The number of anilines is 2. The average Bonchev–Trinajstić information content (AvgIpc) is 3.80. The van der Waals surface area contributed by atoms with E-state index < -0.39 is 47.2 Å². The molecule has 2 atom stereocenters. The first-order valence-electron chi connectivity index (χ1n) is 15.2. The lowest BCUT2D eigenvalue weighted by atomic mass is 9.97. The van der Waals surface area contributed by atoms with Gasteiger partial charge in [0.1, 0.15) is 24.0 Å². The van der Waals surface area contributed by atoms with E-state index in [0.29, 0.717) is 37.1 Å². The Morgan fingerprint density at radius 2 is 1.80 bits per heavy atom. The van der Waals surface area contributed by atoms with E-state index in [2.05, 4.69) is 0 Å². The second kappa shape index (κ2) is 12.6. The number of pyridine rings is 1. The molecule has 2 aromatic carbocycles. The van der Waals surface area contributed by atoms with E-state index in [4.69, 9.17) is 19.9 Å². The monoisotopic (exact) mass is 640 g/mol. The molecule has 14 heteroatoms. The molecule has 3 heterocycles. The molecule has 2 saturated heterocycles. The second-order valence-corrected chi connectivity index (χ2v) is 12.0.